The predicted octanol–water partition coefficient (Wildman–Crippen LogP) is 6.34. The highest BCUT2D eigenvalue weighted by atomic mass is 35.5. The topological polar surface area (TPSA) is 64.6 Å². The Hall–Kier alpha value is -2.05. The summed E-state index contributed by atoms with van der Waals surface area (Å²) < 4.78 is 11.2. The lowest BCUT2D eigenvalue weighted by Gasteiger charge is -2.10. The van der Waals surface area contributed by atoms with E-state index in [1.54, 1.807) is 6.07 Å². The molecule has 0 radical (unpaired) electrons. The summed E-state index contributed by atoms with van der Waals surface area (Å²) in [6.07, 6.45) is 6.84. The zero-order chi connectivity index (χ0) is 22.2. The summed E-state index contributed by atoms with van der Waals surface area (Å²) in [5, 5.41) is 4.27. The van der Waals surface area contributed by atoms with Crippen LogP contribution in [0.4, 0.5) is 5.00 Å². The highest BCUT2D eigenvalue weighted by Gasteiger charge is 2.26. The Labute approximate surface area is 193 Å². The number of rotatable bonds is 9. The number of hydrogen-bond acceptors (Lipinski definition) is 5. The fourth-order valence-electron chi connectivity index (χ4n) is 3.69. The molecule has 0 bridgehead atoms. The molecule has 0 spiro atoms. The van der Waals surface area contributed by atoms with Gasteiger partial charge in [-0.1, -0.05) is 24.9 Å². The molecular weight excluding hydrogens is 434 g/mol. The number of esters is 1. The number of halogens is 1. The van der Waals surface area contributed by atoms with Crippen LogP contribution >= 0.6 is 22.9 Å². The third kappa shape index (κ3) is 6.47. The van der Waals surface area contributed by atoms with Crippen LogP contribution in [0.2, 0.25) is 5.02 Å². The first kappa shape index (κ1) is 23.6. The summed E-state index contributed by atoms with van der Waals surface area (Å²) in [6.45, 7) is 4.73. The van der Waals surface area contributed by atoms with Gasteiger partial charge in [-0.15, -0.1) is 11.3 Å². The molecule has 0 unspecified atom stereocenters. The number of thiophene rings is 1. The fraction of sp³-hybridized carbons (Fsp3) is 0.500. The Kier molecular flexibility index (Phi) is 8.79. The average Bonchev–Trinajstić information content (AvgIpc) is 2.90. The van der Waals surface area contributed by atoms with Gasteiger partial charge in [0, 0.05) is 16.3 Å². The van der Waals surface area contributed by atoms with Gasteiger partial charge in [0.2, 0.25) is 5.91 Å². The van der Waals surface area contributed by atoms with Crippen molar-refractivity contribution in [2.24, 2.45) is 0 Å². The van der Waals surface area contributed by atoms with Gasteiger partial charge in [0.15, 0.2) is 0 Å². The maximum atomic E-state index is 12.7. The number of carbonyl (C=O) groups excluding carboxylic acids is 2. The van der Waals surface area contributed by atoms with E-state index in [4.69, 9.17) is 21.1 Å². The molecular formula is C24H30ClNO4S. The summed E-state index contributed by atoms with van der Waals surface area (Å²) in [5.41, 5.74) is 2.60. The van der Waals surface area contributed by atoms with E-state index in [9.17, 15) is 9.59 Å². The highest BCUT2D eigenvalue weighted by Crippen LogP contribution is 2.38. The number of aryl methyl sites for hydroxylation is 2. The minimum Gasteiger partial charge on any atom is -0.493 e. The van der Waals surface area contributed by atoms with Crippen molar-refractivity contribution in [1.29, 1.82) is 0 Å². The lowest BCUT2D eigenvalue weighted by molar-refractivity contribution is -0.116. The molecule has 31 heavy (non-hydrogen) atoms. The molecule has 0 saturated carbocycles. The average molecular weight is 464 g/mol. The summed E-state index contributed by atoms with van der Waals surface area (Å²) in [7, 11) is 0. The first-order valence-corrected chi connectivity index (χ1v) is 12.2. The van der Waals surface area contributed by atoms with Crippen molar-refractivity contribution in [3.05, 3.63) is 44.8 Å². The molecule has 0 fully saturated rings. The fourth-order valence-corrected chi connectivity index (χ4v) is 5.21. The van der Waals surface area contributed by atoms with E-state index >= 15 is 0 Å². The number of fused-ring (bicyclic) bond motifs is 1. The second kappa shape index (κ2) is 11.5. The number of carbonyl (C=O) groups is 2. The number of ether oxygens (including phenoxy) is 2. The monoisotopic (exact) mass is 463 g/mol. The van der Waals surface area contributed by atoms with Crippen LogP contribution in [0.15, 0.2) is 18.2 Å². The van der Waals surface area contributed by atoms with Crippen LogP contribution in [-0.2, 0) is 22.4 Å². The standard InChI is InChI=1S/C24H30ClNO4S/c1-3-13-30-24(28)22-18-8-5-4-6-9-20(18)31-23(22)26-21(27)10-7-14-29-19-12-11-17(25)15-16(19)2/h11-12,15H,3-10,13-14H2,1-2H3,(H,26,27). The van der Waals surface area contributed by atoms with Crippen molar-refractivity contribution in [1.82, 2.24) is 0 Å². The van der Waals surface area contributed by atoms with Gasteiger partial charge in [0.25, 0.3) is 0 Å². The smallest absolute Gasteiger partial charge is 0.341 e. The van der Waals surface area contributed by atoms with Crippen LogP contribution < -0.4 is 10.1 Å². The highest BCUT2D eigenvalue weighted by molar-refractivity contribution is 7.17. The molecule has 168 valence electrons. The van der Waals surface area contributed by atoms with Gasteiger partial charge in [-0.2, -0.15) is 0 Å². The van der Waals surface area contributed by atoms with Crippen LogP contribution in [-0.4, -0.2) is 25.1 Å². The molecule has 1 heterocycles. The molecule has 0 aliphatic heterocycles. The Morgan fingerprint density at radius 2 is 1.97 bits per heavy atom. The van der Waals surface area contributed by atoms with E-state index < -0.39 is 0 Å². The number of nitrogens with one attached hydrogen (secondary N) is 1. The zero-order valence-electron chi connectivity index (χ0n) is 18.2. The quantitative estimate of drug-likeness (QED) is 0.267. The van der Waals surface area contributed by atoms with Crippen LogP contribution in [0, 0.1) is 6.92 Å². The van der Waals surface area contributed by atoms with Crippen LogP contribution in [0.25, 0.3) is 0 Å². The Bertz CT molecular complexity index is 925. The summed E-state index contributed by atoms with van der Waals surface area (Å²) >= 11 is 7.49. The van der Waals surface area contributed by atoms with Gasteiger partial charge < -0.3 is 14.8 Å². The van der Waals surface area contributed by atoms with Gasteiger partial charge in [-0.3, -0.25) is 4.79 Å². The molecule has 1 aliphatic carbocycles. The van der Waals surface area contributed by atoms with Gasteiger partial charge >= 0.3 is 5.97 Å². The van der Waals surface area contributed by atoms with E-state index in [0.29, 0.717) is 41.6 Å². The molecule has 1 aliphatic rings. The zero-order valence-corrected chi connectivity index (χ0v) is 19.8. The van der Waals surface area contributed by atoms with E-state index in [0.717, 1.165) is 49.0 Å². The molecule has 3 rings (SSSR count). The van der Waals surface area contributed by atoms with Crippen molar-refractivity contribution < 1.29 is 19.1 Å². The third-order valence-corrected chi connectivity index (χ3v) is 6.70. The lowest BCUT2D eigenvalue weighted by atomic mass is 10.1. The molecule has 7 heteroatoms. The molecule has 5 nitrogen and oxygen atoms in total. The maximum absolute atomic E-state index is 12.7. The van der Waals surface area contributed by atoms with E-state index in [2.05, 4.69) is 5.32 Å². The molecule has 1 N–H and O–H groups in total. The van der Waals surface area contributed by atoms with E-state index in [1.807, 2.05) is 26.0 Å². The van der Waals surface area contributed by atoms with Crippen molar-refractivity contribution in [3.63, 3.8) is 0 Å². The predicted molar refractivity (Wildman–Crippen MR) is 126 cm³/mol. The number of amides is 1. The number of anilines is 1. The second-order valence-corrected chi connectivity index (χ2v) is 9.36. The van der Waals surface area contributed by atoms with Gasteiger partial charge in [0.1, 0.15) is 10.8 Å². The van der Waals surface area contributed by atoms with E-state index in [-0.39, 0.29) is 11.9 Å². The Balaban J connectivity index is 1.60. The molecule has 1 aromatic carbocycles. The lowest BCUT2D eigenvalue weighted by Crippen LogP contribution is -2.16. The normalized spacial score (nSPS) is 13.3. The van der Waals surface area contributed by atoms with Gasteiger partial charge in [-0.05, 0) is 74.8 Å². The molecule has 1 aromatic heterocycles. The maximum Gasteiger partial charge on any atom is 0.341 e. The molecule has 2 aromatic rings. The van der Waals surface area contributed by atoms with E-state index in [1.165, 1.54) is 22.6 Å². The minimum absolute atomic E-state index is 0.114. The number of hydrogen-bond donors (Lipinski definition) is 1. The summed E-state index contributed by atoms with van der Waals surface area (Å²) in [5.74, 6) is 0.336. The first-order valence-electron chi connectivity index (χ1n) is 11.0. The van der Waals surface area contributed by atoms with Crippen molar-refractivity contribution in [2.75, 3.05) is 18.5 Å². The molecule has 0 saturated heterocycles. The first-order chi connectivity index (χ1) is 15.0. The Morgan fingerprint density at radius 1 is 1.16 bits per heavy atom. The Morgan fingerprint density at radius 3 is 2.74 bits per heavy atom. The van der Waals surface area contributed by atoms with Crippen molar-refractivity contribution in [2.45, 2.75) is 65.2 Å². The molecule has 1 amide bonds. The van der Waals surface area contributed by atoms with Crippen molar-refractivity contribution >= 4 is 39.8 Å². The summed E-state index contributed by atoms with van der Waals surface area (Å²) in [6, 6.07) is 5.48. The van der Waals surface area contributed by atoms with Gasteiger partial charge in [0.05, 0.1) is 18.8 Å². The van der Waals surface area contributed by atoms with Crippen LogP contribution in [0.5, 0.6) is 5.75 Å². The molecule has 0 atom stereocenters. The SMILES string of the molecule is CCCOC(=O)c1c(NC(=O)CCCOc2ccc(Cl)cc2C)sc2c1CCCCC2. The number of benzene rings is 1. The van der Waals surface area contributed by atoms with Crippen molar-refractivity contribution in [3.8, 4) is 5.75 Å². The third-order valence-electron chi connectivity index (χ3n) is 5.26. The second-order valence-electron chi connectivity index (χ2n) is 7.81. The summed E-state index contributed by atoms with van der Waals surface area (Å²) in [4.78, 5) is 26.5. The van der Waals surface area contributed by atoms with Gasteiger partial charge in [-0.25, -0.2) is 4.79 Å². The largest absolute Gasteiger partial charge is 0.493 e. The van der Waals surface area contributed by atoms with Crippen LogP contribution in [0.3, 0.4) is 0 Å². The van der Waals surface area contributed by atoms with Crippen LogP contribution in [0.1, 0.15) is 71.8 Å². The minimum atomic E-state index is -0.321.